The van der Waals surface area contributed by atoms with E-state index in [-0.39, 0.29) is 0 Å². The number of benzene rings is 2. The molecule has 4 rings (SSSR count). The summed E-state index contributed by atoms with van der Waals surface area (Å²) in [7, 11) is 0. The number of pyridine rings is 1. The zero-order valence-electron chi connectivity index (χ0n) is 19.4. The van der Waals surface area contributed by atoms with Gasteiger partial charge in [-0.05, 0) is 44.5 Å². The van der Waals surface area contributed by atoms with E-state index in [1.807, 2.05) is 24.3 Å². The lowest BCUT2D eigenvalue weighted by molar-refractivity contribution is -0.124. The zero-order chi connectivity index (χ0) is 24.4. The number of hydrogen-bond donors (Lipinski definition) is 1. The lowest BCUT2D eigenvalue weighted by Crippen LogP contribution is -2.38. The molecule has 0 radical (unpaired) electrons. The van der Waals surface area contributed by atoms with Crippen LogP contribution >= 0.6 is 23.2 Å². The standard InChI is InChI=1S/C26H27Cl2N3O3/c1-4-23(25(32)29-18-12-16(27)11-17(28)13-18)34-26(33)24-19-7-5-6-8-21(19)30-22-9-10-31(15(2)3)14-20(22)24/h5-8,11-13,15,23H,4,9-10,14H2,1-3H3,(H,29,32). The van der Waals surface area contributed by atoms with E-state index in [0.29, 0.717) is 40.3 Å². The molecule has 1 N–H and O–H groups in total. The molecule has 1 aliphatic heterocycles. The van der Waals surface area contributed by atoms with E-state index in [4.69, 9.17) is 32.9 Å². The van der Waals surface area contributed by atoms with E-state index in [9.17, 15) is 9.59 Å². The second-order valence-electron chi connectivity index (χ2n) is 8.69. The molecule has 178 valence electrons. The van der Waals surface area contributed by atoms with Crippen LogP contribution in [-0.2, 0) is 22.5 Å². The molecule has 1 atom stereocenters. The van der Waals surface area contributed by atoms with Gasteiger partial charge in [0.25, 0.3) is 5.91 Å². The number of anilines is 1. The Kier molecular flexibility index (Phi) is 7.41. The van der Waals surface area contributed by atoms with Gasteiger partial charge < -0.3 is 10.1 Å². The van der Waals surface area contributed by atoms with E-state index in [0.717, 1.165) is 35.1 Å². The van der Waals surface area contributed by atoms with Gasteiger partial charge in [-0.3, -0.25) is 14.7 Å². The van der Waals surface area contributed by atoms with Gasteiger partial charge in [0, 0.05) is 57.9 Å². The molecule has 8 heteroatoms. The molecule has 2 heterocycles. The van der Waals surface area contributed by atoms with Gasteiger partial charge in [0.1, 0.15) is 0 Å². The fraction of sp³-hybridized carbons (Fsp3) is 0.346. The Bertz CT molecular complexity index is 1230. The van der Waals surface area contributed by atoms with Crippen molar-refractivity contribution in [3.05, 3.63) is 69.3 Å². The number of halogens is 2. The summed E-state index contributed by atoms with van der Waals surface area (Å²) in [6.45, 7) is 7.56. The van der Waals surface area contributed by atoms with Crippen molar-refractivity contribution in [3.63, 3.8) is 0 Å². The van der Waals surface area contributed by atoms with Gasteiger partial charge in [-0.15, -0.1) is 0 Å². The average Bonchev–Trinajstić information content (AvgIpc) is 2.79. The van der Waals surface area contributed by atoms with Gasteiger partial charge in [0.15, 0.2) is 6.10 Å². The van der Waals surface area contributed by atoms with Crippen LogP contribution in [0.1, 0.15) is 48.8 Å². The van der Waals surface area contributed by atoms with Gasteiger partial charge in [-0.25, -0.2) is 4.79 Å². The van der Waals surface area contributed by atoms with E-state index in [1.54, 1.807) is 25.1 Å². The number of amides is 1. The number of carbonyl (C=O) groups is 2. The Morgan fingerprint density at radius 2 is 1.85 bits per heavy atom. The molecule has 1 unspecified atom stereocenters. The molecule has 0 aliphatic carbocycles. The highest BCUT2D eigenvalue weighted by Crippen LogP contribution is 2.30. The predicted molar refractivity (Wildman–Crippen MR) is 136 cm³/mol. The van der Waals surface area contributed by atoms with Crippen LogP contribution in [-0.4, -0.2) is 40.5 Å². The number of fused-ring (bicyclic) bond motifs is 2. The maximum atomic E-state index is 13.6. The summed E-state index contributed by atoms with van der Waals surface area (Å²) >= 11 is 12.1. The molecule has 0 bridgehead atoms. The van der Waals surface area contributed by atoms with Gasteiger partial charge in [0.2, 0.25) is 0 Å². The van der Waals surface area contributed by atoms with Crippen molar-refractivity contribution in [1.82, 2.24) is 9.88 Å². The van der Waals surface area contributed by atoms with Crippen molar-refractivity contribution in [2.45, 2.75) is 52.3 Å². The van der Waals surface area contributed by atoms with Crippen LogP contribution in [0.25, 0.3) is 10.9 Å². The molecule has 1 aliphatic rings. The van der Waals surface area contributed by atoms with Gasteiger partial charge in [-0.2, -0.15) is 0 Å². The fourth-order valence-corrected chi connectivity index (χ4v) is 4.77. The highest BCUT2D eigenvalue weighted by Gasteiger charge is 2.30. The summed E-state index contributed by atoms with van der Waals surface area (Å²) < 4.78 is 5.79. The van der Waals surface area contributed by atoms with Crippen LogP contribution in [0.5, 0.6) is 0 Å². The van der Waals surface area contributed by atoms with Crippen molar-refractivity contribution in [1.29, 1.82) is 0 Å². The van der Waals surface area contributed by atoms with E-state index in [2.05, 4.69) is 24.1 Å². The molecule has 0 fully saturated rings. The van der Waals surface area contributed by atoms with Crippen molar-refractivity contribution < 1.29 is 14.3 Å². The van der Waals surface area contributed by atoms with Crippen molar-refractivity contribution in [2.24, 2.45) is 0 Å². The highest BCUT2D eigenvalue weighted by atomic mass is 35.5. The summed E-state index contributed by atoms with van der Waals surface area (Å²) in [5.41, 5.74) is 3.46. The minimum absolute atomic E-state index is 0.315. The number of ether oxygens (including phenoxy) is 1. The molecule has 2 aromatic carbocycles. The third kappa shape index (κ3) is 5.19. The highest BCUT2D eigenvalue weighted by molar-refractivity contribution is 6.35. The van der Waals surface area contributed by atoms with Gasteiger partial charge in [0.05, 0.1) is 11.1 Å². The normalized spacial score (nSPS) is 14.6. The summed E-state index contributed by atoms with van der Waals surface area (Å²) in [6.07, 6.45) is 0.0961. The van der Waals surface area contributed by atoms with Crippen LogP contribution in [0.4, 0.5) is 5.69 Å². The molecule has 1 aromatic heterocycles. The number of hydrogen-bond acceptors (Lipinski definition) is 5. The van der Waals surface area contributed by atoms with Crippen LogP contribution in [0.3, 0.4) is 0 Å². The summed E-state index contributed by atoms with van der Waals surface area (Å²) in [5, 5.41) is 4.28. The molecule has 0 spiro atoms. The first kappa shape index (κ1) is 24.5. The minimum Gasteiger partial charge on any atom is -0.449 e. The topological polar surface area (TPSA) is 71.5 Å². The van der Waals surface area contributed by atoms with Crippen LogP contribution in [0.15, 0.2) is 42.5 Å². The molecule has 1 amide bonds. The van der Waals surface area contributed by atoms with E-state index >= 15 is 0 Å². The first-order valence-electron chi connectivity index (χ1n) is 11.4. The van der Waals surface area contributed by atoms with Crippen molar-refractivity contribution >= 4 is 51.7 Å². The Labute approximate surface area is 209 Å². The summed E-state index contributed by atoms with van der Waals surface area (Å²) in [6, 6.07) is 12.6. The summed E-state index contributed by atoms with van der Waals surface area (Å²) in [4.78, 5) is 33.6. The predicted octanol–water partition coefficient (Wildman–Crippen LogP) is 5.88. The molecule has 3 aromatic rings. The van der Waals surface area contributed by atoms with Crippen LogP contribution < -0.4 is 5.32 Å². The first-order chi connectivity index (χ1) is 16.3. The SMILES string of the molecule is CCC(OC(=O)c1c2c(nc3ccccc13)CCN(C(C)C)C2)C(=O)Nc1cc(Cl)cc(Cl)c1. The summed E-state index contributed by atoms with van der Waals surface area (Å²) in [5.74, 6) is -0.961. The first-order valence-corrected chi connectivity index (χ1v) is 12.1. The van der Waals surface area contributed by atoms with Gasteiger partial charge in [-0.1, -0.05) is 48.3 Å². The zero-order valence-corrected chi connectivity index (χ0v) is 20.9. The number of para-hydroxylation sites is 1. The lowest BCUT2D eigenvalue weighted by atomic mass is 9.95. The maximum absolute atomic E-state index is 13.6. The smallest absolute Gasteiger partial charge is 0.340 e. The second-order valence-corrected chi connectivity index (χ2v) is 9.57. The number of esters is 1. The molecule has 0 saturated heterocycles. The van der Waals surface area contributed by atoms with E-state index < -0.39 is 18.0 Å². The number of rotatable bonds is 6. The Morgan fingerprint density at radius 3 is 2.53 bits per heavy atom. The Balaban J connectivity index is 1.65. The average molecular weight is 500 g/mol. The Morgan fingerprint density at radius 1 is 1.15 bits per heavy atom. The molecule has 6 nitrogen and oxygen atoms in total. The lowest BCUT2D eigenvalue weighted by Gasteiger charge is -2.32. The third-order valence-electron chi connectivity index (χ3n) is 6.05. The monoisotopic (exact) mass is 499 g/mol. The molecular weight excluding hydrogens is 473 g/mol. The fourth-order valence-electron chi connectivity index (χ4n) is 4.24. The molecule has 0 saturated carbocycles. The minimum atomic E-state index is -0.974. The van der Waals surface area contributed by atoms with Crippen LogP contribution in [0.2, 0.25) is 10.0 Å². The number of aromatic nitrogens is 1. The third-order valence-corrected chi connectivity index (χ3v) is 6.49. The number of nitrogens with one attached hydrogen (secondary N) is 1. The number of nitrogens with zero attached hydrogens (tertiary/aromatic N) is 2. The quantitative estimate of drug-likeness (QED) is 0.428. The van der Waals surface area contributed by atoms with Crippen LogP contribution in [0, 0.1) is 0 Å². The van der Waals surface area contributed by atoms with E-state index in [1.165, 1.54) is 0 Å². The van der Waals surface area contributed by atoms with Gasteiger partial charge >= 0.3 is 5.97 Å². The largest absolute Gasteiger partial charge is 0.449 e. The number of carbonyl (C=O) groups excluding carboxylic acids is 2. The van der Waals surface area contributed by atoms with Crippen molar-refractivity contribution in [3.8, 4) is 0 Å². The van der Waals surface area contributed by atoms with Crippen molar-refractivity contribution in [2.75, 3.05) is 11.9 Å². The Hall–Kier alpha value is -2.67. The molecule has 34 heavy (non-hydrogen) atoms. The second kappa shape index (κ2) is 10.3. The maximum Gasteiger partial charge on any atom is 0.340 e. The molecular formula is C26H27Cl2N3O3.